The Bertz CT molecular complexity index is 475. The first-order chi connectivity index (χ1) is 8.47. The predicted molar refractivity (Wildman–Crippen MR) is 68.9 cm³/mol. The Kier molecular flexibility index (Phi) is 5.94. The minimum atomic E-state index is -3.50. The van der Waals surface area contributed by atoms with E-state index >= 15 is 0 Å². The van der Waals surface area contributed by atoms with Crippen molar-refractivity contribution in [2.75, 3.05) is 12.3 Å². The minimum absolute atomic E-state index is 0.173. The van der Waals surface area contributed by atoms with Crippen molar-refractivity contribution in [3.05, 3.63) is 35.9 Å². The zero-order valence-electron chi connectivity index (χ0n) is 9.63. The number of nitrogens with one attached hydrogen (secondary N) is 1. The second-order valence-electron chi connectivity index (χ2n) is 3.59. The van der Waals surface area contributed by atoms with Crippen LogP contribution in [-0.2, 0) is 20.4 Å². The van der Waals surface area contributed by atoms with E-state index in [2.05, 4.69) is 5.32 Å². The number of alkyl carbamates (subject to hydrolysis) is 1. The van der Waals surface area contributed by atoms with Crippen molar-refractivity contribution < 1.29 is 17.9 Å². The molecule has 0 aromatic heterocycles. The molecule has 1 rings (SSSR count). The molecule has 0 atom stereocenters. The van der Waals surface area contributed by atoms with E-state index in [0.29, 0.717) is 0 Å². The fourth-order valence-corrected chi connectivity index (χ4v) is 2.03. The second kappa shape index (κ2) is 7.23. The Morgan fingerprint density at radius 2 is 1.94 bits per heavy atom. The summed E-state index contributed by atoms with van der Waals surface area (Å²) >= 11 is 0. The molecule has 18 heavy (non-hydrogen) atoms. The lowest BCUT2D eigenvalue weighted by Crippen LogP contribution is -2.26. The number of benzene rings is 1. The van der Waals surface area contributed by atoms with Crippen LogP contribution < -0.4 is 5.32 Å². The lowest BCUT2D eigenvalue weighted by molar-refractivity contribution is 0.139. The molecule has 0 radical (unpaired) electrons. The van der Waals surface area contributed by atoms with E-state index in [9.17, 15) is 13.2 Å². The van der Waals surface area contributed by atoms with Gasteiger partial charge in [-0.1, -0.05) is 30.3 Å². The van der Waals surface area contributed by atoms with Crippen LogP contribution in [0, 0.1) is 0 Å². The van der Waals surface area contributed by atoms with Gasteiger partial charge in [0, 0.05) is 17.2 Å². The molecule has 5 nitrogen and oxygen atoms in total. The molecular formula is C11H14ClNO4S. The van der Waals surface area contributed by atoms with Crippen LogP contribution in [-0.4, -0.2) is 26.8 Å². The van der Waals surface area contributed by atoms with Gasteiger partial charge < -0.3 is 10.1 Å². The first-order valence-corrected chi connectivity index (χ1v) is 7.82. The molecule has 0 aliphatic rings. The minimum Gasteiger partial charge on any atom is -0.445 e. The Hall–Kier alpha value is -1.27. The number of amides is 1. The Balaban J connectivity index is 2.15. The normalized spacial score (nSPS) is 10.9. The first kappa shape index (κ1) is 14.8. The van der Waals surface area contributed by atoms with Crippen molar-refractivity contribution in [2.24, 2.45) is 0 Å². The molecular weight excluding hydrogens is 278 g/mol. The molecule has 1 aromatic rings. The number of hydrogen-bond donors (Lipinski definition) is 1. The van der Waals surface area contributed by atoms with Crippen LogP contribution in [0.4, 0.5) is 4.79 Å². The van der Waals surface area contributed by atoms with Crippen molar-refractivity contribution >= 4 is 25.8 Å². The Morgan fingerprint density at radius 3 is 2.56 bits per heavy atom. The summed E-state index contributed by atoms with van der Waals surface area (Å²) in [5.41, 5.74) is 0.885. The molecule has 0 fully saturated rings. The van der Waals surface area contributed by atoms with Gasteiger partial charge in [0.05, 0.1) is 5.75 Å². The summed E-state index contributed by atoms with van der Waals surface area (Å²) < 4.78 is 26.1. The number of ether oxygens (including phenoxy) is 1. The van der Waals surface area contributed by atoms with Crippen LogP contribution >= 0.6 is 10.7 Å². The summed E-state index contributed by atoms with van der Waals surface area (Å²) in [6.07, 6.45) is -0.322. The van der Waals surface area contributed by atoms with Crippen LogP contribution in [0.15, 0.2) is 30.3 Å². The molecule has 0 bridgehead atoms. The van der Waals surface area contributed by atoms with E-state index in [1.165, 1.54) is 0 Å². The fraction of sp³-hybridized carbons (Fsp3) is 0.364. The summed E-state index contributed by atoms with van der Waals surface area (Å²) in [7, 11) is 1.52. The second-order valence-corrected chi connectivity index (χ2v) is 6.48. The van der Waals surface area contributed by atoms with E-state index in [0.717, 1.165) is 5.56 Å². The SMILES string of the molecule is O=C(NCCCS(=O)(=O)Cl)OCc1ccccc1. The molecule has 0 aliphatic heterocycles. The van der Waals surface area contributed by atoms with E-state index in [1.54, 1.807) is 0 Å². The van der Waals surface area contributed by atoms with Gasteiger partial charge in [-0.15, -0.1) is 0 Å². The first-order valence-electron chi connectivity index (χ1n) is 5.34. The van der Waals surface area contributed by atoms with Crippen molar-refractivity contribution in [1.82, 2.24) is 5.32 Å². The van der Waals surface area contributed by atoms with Crippen molar-refractivity contribution in [1.29, 1.82) is 0 Å². The molecule has 0 heterocycles. The van der Waals surface area contributed by atoms with Gasteiger partial charge in [0.15, 0.2) is 0 Å². The lowest BCUT2D eigenvalue weighted by Gasteiger charge is -2.06. The molecule has 0 saturated carbocycles. The van der Waals surface area contributed by atoms with Gasteiger partial charge in [-0.25, -0.2) is 13.2 Å². The summed E-state index contributed by atoms with van der Waals surface area (Å²) in [5.74, 6) is -0.173. The van der Waals surface area contributed by atoms with Crippen LogP contribution in [0.1, 0.15) is 12.0 Å². The average Bonchev–Trinajstić information content (AvgIpc) is 2.32. The molecule has 0 saturated heterocycles. The van der Waals surface area contributed by atoms with E-state index in [1.807, 2.05) is 30.3 Å². The highest BCUT2D eigenvalue weighted by Crippen LogP contribution is 2.01. The third-order valence-corrected chi connectivity index (χ3v) is 3.29. The third-order valence-electron chi connectivity index (χ3n) is 2.05. The van der Waals surface area contributed by atoms with Crippen LogP contribution in [0.25, 0.3) is 0 Å². The maximum atomic E-state index is 11.2. The highest BCUT2D eigenvalue weighted by atomic mass is 35.7. The van der Waals surface area contributed by atoms with Crippen molar-refractivity contribution in [3.8, 4) is 0 Å². The van der Waals surface area contributed by atoms with E-state index < -0.39 is 15.1 Å². The molecule has 0 unspecified atom stereocenters. The molecule has 7 heteroatoms. The summed E-state index contributed by atoms with van der Waals surface area (Å²) in [6, 6.07) is 9.25. The Labute approximate surface area is 111 Å². The van der Waals surface area contributed by atoms with Gasteiger partial charge in [0.25, 0.3) is 0 Å². The largest absolute Gasteiger partial charge is 0.445 e. The summed E-state index contributed by atoms with van der Waals surface area (Å²) in [6.45, 7) is 0.389. The number of hydrogen-bond acceptors (Lipinski definition) is 4. The van der Waals surface area contributed by atoms with Crippen LogP contribution in [0.2, 0.25) is 0 Å². The monoisotopic (exact) mass is 291 g/mol. The maximum absolute atomic E-state index is 11.2. The lowest BCUT2D eigenvalue weighted by atomic mass is 10.2. The molecule has 1 amide bonds. The molecule has 1 N–H and O–H groups in total. The highest BCUT2D eigenvalue weighted by Gasteiger charge is 2.06. The number of carbonyl (C=O) groups excluding carboxylic acids is 1. The third kappa shape index (κ3) is 7.13. The van der Waals surface area contributed by atoms with Gasteiger partial charge in [-0.3, -0.25) is 0 Å². The average molecular weight is 292 g/mol. The van der Waals surface area contributed by atoms with Gasteiger partial charge >= 0.3 is 6.09 Å². The molecule has 100 valence electrons. The number of carbonyl (C=O) groups is 1. The highest BCUT2D eigenvalue weighted by molar-refractivity contribution is 8.13. The fourth-order valence-electron chi connectivity index (χ4n) is 1.21. The van der Waals surface area contributed by atoms with Gasteiger partial charge in [-0.05, 0) is 12.0 Å². The predicted octanol–water partition coefficient (Wildman–Crippen LogP) is 1.87. The quantitative estimate of drug-likeness (QED) is 0.641. The van der Waals surface area contributed by atoms with Gasteiger partial charge in [-0.2, -0.15) is 0 Å². The van der Waals surface area contributed by atoms with E-state index in [-0.39, 0.29) is 25.3 Å². The number of halogens is 1. The van der Waals surface area contributed by atoms with Crippen molar-refractivity contribution in [2.45, 2.75) is 13.0 Å². The summed E-state index contributed by atoms with van der Waals surface area (Å²) in [5, 5.41) is 2.44. The smallest absolute Gasteiger partial charge is 0.407 e. The topological polar surface area (TPSA) is 72.5 Å². The molecule has 0 spiro atoms. The molecule has 0 aliphatic carbocycles. The standard InChI is InChI=1S/C11H14ClNO4S/c12-18(15,16)8-4-7-13-11(14)17-9-10-5-2-1-3-6-10/h1-3,5-6H,4,7-9H2,(H,13,14). The Morgan fingerprint density at radius 1 is 1.28 bits per heavy atom. The maximum Gasteiger partial charge on any atom is 0.407 e. The molecule has 1 aromatic carbocycles. The van der Waals surface area contributed by atoms with Crippen LogP contribution in [0.5, 0.6) is 0 Å². The van der Waals surface area contributed by atoms with E-state index in [4.69, 9.17) is 15.4 Å². The number of rotatable bonds is 6. The van der Waals surface area contributed by atoms with Crippen molar-refractivity contribution in [3.63, 3.8) is 0 Å². The van der Waals surface area contributed by atoms with Gasteiger partial charge in [0.2, 0.25) is 9.05 Å². The summed E-state index contributed by atoms with van der Waals surface area (Å²) in [4.78, 5) is 11.2. The zero-order valence-corrected chi connectivity index (χ0v) is 11.2. The van der Waals surface area contributed by atoms with Gasteiger partial charge in [0.1, 0.15) is 6.61 Å². The zero-order chi connectivity index (χ0) is 13.4. The van der Waals surface area contributed by atoms with Crippen LogP contribution in [0.3, 0.4) is 0 Å².